The lowest BCUT2D eigenvalue weighted by Crippen LogP contribution is -2.38. The molecule has 2 N–H and O–H groups in total. The van der Waals surface area contributed by atoms with Gasteiger partial charge in [0.05, 0.1) is 30.1 Å². The Kier molecular flexibility index (Phi) is 6.89. The molecule has 1 unspecified atom stereocenters. The van der Waals surface area contributed by atoms with Gasteiger partial charge in [0.15, 0.2) is 0 Å². The fraction of sp³-hybridized carbons (Fsp3) is 0.750. The zero-order chi connectivity index (χ0) is 16.0. The lowest BCUT2D eigenvalue weighted by Gasteiger charge is -2.18. The van der Waals surface area contributed by atoms with Crippen LogP contribution >= 0.6 is 0 Å². The van der Waals surface area contributed by atoms with Crippen molar-refractivity contribution in [2.45, 2.75) is 60.0 Å². The quantitative estimate of drug-likeness (QED) is 0.773. The van der Waals surface area contributed by atoms with Crippen molar-refractivity contribution < 1.29 is 9.90 Å². The van der Waals surface area contributed by atoms with Crippen molar-refractivity contribution in [1.29, 1.82) is 0 Å². The van der Waals surface area contributed by atoms with Crippen molar-refractivity contribution in [3.05, 3.63) is 17.5 Å². The van der Waals surface area contributed by atoms with Crippen molar-refractivity contribution >= 4 is 5.91 Å². The number of aliphatic hydroxyl groups excluding tert-OH is 1. The molecule has 0 saturated carbocycles. The summed E-state index contributed by atoms with van der Waals surface area (Å²) in [5.41, 5.74) is 1.59. The SMILES string of the molecule is CCc1c(C(=O)NC(CO)CC(C)C)cnn1CC(C)C. The second-order valence-electron chi connectivity index (χ2n) is 6.42. The molecule has 0 radical (unpaired) electrons. The molecule has 120 valence electrons. The first-order valence-electron chi connectivity index (χ1n) is 7.85. The van der Waals surface area contributed by atoms with Gasteiger partial charge in [-0.1, -0.05) is 34.6 Å². The monoisotopic (exact) mass is 295 g/mol. The molecular weight excluding hydrogens is 266 g/mol. The third-order valence-electron chi connectivity index (χ3n) is 3.38. The van der Waals surface area contributed by atoms with Gasteiger partial charge in [-0.25, -0.2) is 0 Å². The summed E-state index contributed by atoms with van der Waals surface area (Å²) in [5.74, 6) is 0.774. The van der Waals surface area contributed by atoms with E-state index in [9.17, 15) is 9.90 Å². The molecule has 1 rings (SSSR count). The molecule has 0 spiro atoms. The zero-order valence-corrected chi connectivity index (χ0v) is 13.9. The fourth-order valence-corrected chi connectivity index (χ4v) is 2.49. The van der Waals surface area contributed by atoms with Crippen LogP contribution in [-0.2, 0) is 13.0 Å². The van der Waals surface area contributed by atoms with Gasteiger partial charge in [-0.3, -0.25) is 9.48 Å². The minimum absolute atomic E-state index is 0.0362. The van der Waals surface area contributed by atoms with E-state index in [-0.39, 0.29) is 18.6 Å². The average Bonchev–Trinajstić information content (AvgIpc) is 2.79. The number of carbonyl (C=O) groups is 1. The first-order chi connectivity index (χ1) is 9.88. The molecule has 0 saturated heterocycles. The minimum Gasteiger partial charge on any atom is -0.394 e. The van der Waals surface area contributed by atoms with E-state index in [0.29, 0.717) is 17.4 Å². The van der Waals surface area contributed by atoms with Crippen LogP contribution in [0.3, 0.4) is 0 Å². The van der Waals surface area contributed by atoms with Gasteiger partial charge in [0.2, 0.25) is 0 Å². The molecule has 0 aliphatic carbocycles. The van der Waals surface area contributed by atoms with Crippen LogP contribution in [0.25, 0.3) is 0 Å². The Hall–Kier alpha value is -1.36. The Morgan fingerprint density at radius 3 is 2.48 bits per heavy atom. The minimum atomic E-state index is -0.198. The molecule has 1 aromatic rings. The Morgan fingerprint density at radius 1 is 1.33 bits per heavy atom. The highest BCUT2D eigenvalue weighted by Gasteiger charge is 2.20. The highest BCUT2D eigenvalue weighted by atomic mass is 16.3. The van der Waals surface area contributed by atoms with Crippen LogP contribution in [0.1, 0.15) is 57.1 Å². The van der Waals surface area contributed by atoms with E-state index >= 15 is 0 Å². The van der Waals surface area contributed by atoms with Gasteiger partial charge in [-0.15, -0.1) is 0 Å². The Bertz CT molecular complexity index is 452. The summed E-state index contributed by atoms with van der Waals surface area (Å²) in [6.07, 6.45) is 3.17. The maximum atomic E-state index is 12.4. The predicted octanol–water partition coefficient (Wildman–Crippen LogP) is 2.24. The summed E-state index contributed by atoms with van der Waals surface area (Å²) in [4.78, 5) is 12.4. The summed E-state index contributed by atoms with van der Waals surface area (Å²) >= 11 is 0. The number of amides is 1. The van der Waals surface area contributed by atoms with Gasteiger partial charge < -0.3 is 10.4 Å². The first kappa shape index (κ1) is 17.7. The number of aliphatic hydroxyl groups is 1. The summed E-state index contributed by atoms with van der Waals surface area (Å²) in [6, 6.07) is -0.198. The third-order valence-corrected chi connectivity index (χ3v) is 3.38. The maximum absolute atomic E-state index is 12.4. The van der Waals surface area contributed by atoms with Gasteiger partial charge in [-0.05, 0) is 24.7 Å². The van der Waals surface area contributed by atoms with E-state index in [1.54, 1.807) is 6.20 Å². The van der Waals surface area contributed by atoms with Crippen LogP contribution in [0.2, 0.25) is 0 Å². The molecule has 0 fully saturated rings. The lowest BCUT2D eigenvalue weighted by molar-refractivity contribution is 0.0907. The second-order valence-corrected chi connectivity index (χ2v) is 6.42. The molecule has 0 aromatic carbocycles. The van der Waals surface area contributed by atoms with E-state index in [1.165, 1.54) is 0 Å². The number of nitrogens with one attached hydrogen (secondary N) is 1. The molecule has 5 heteroatoms. The molecule has 5 nitrogen and oxygen atoms in total. The van der Waals surface area contributed by atoms with E-state index in [2.05, 4.69) is 38.1 Å². The maximum Gasteiger partial charge on any atom is 0.255 e. The largest absolute Gasteiger partial charge is 0.394 e. The molecular formula is C16H29N3O2. The van der Waals surface area contributed by atoms with Crippen molar-refractivity contribution in [2.75, 3.05) is 6.61 Å². The number of carbonyl (C=O) groups excluding carboxylic acids is 1. The average molecular weight is 295 g/mol. The standard InChI is InChI=1S/C16H29N3O2/c1-6-15-14(8-17-19(15)9-12(4)5)16(21)18-13(10-20)7-11(2)3/h8,11-13,20H,6-7,9-10H2,1-5H3,(H,18,21). The van der Waals surface area contributed by atoms with Gasteiger partial charge in [0.1, 0.15) is 0 Å². The Balaban J connectivity index is 2.84. The topological polar surface area (TPSA) is 67.2 Å². The normalized spacial score (nSPS) is 13.0. The Labute approximate surface area is 127 Å². The lowest BCUT2D eigenvalue weighted by atomic mass is 10.0. The fourth-order valence-electron chi connectivity index (χ4n) is 2.49. The number of nitrogens with zero attached hydrogens (tertiary/aromatic N) is 2. The zero-order valence-electron chi connectivity index (χ0n) is 13.9. The van der Waals surface area contributed by atoms with E-state index in [1.807, 2.05) is 11.6 Å². The highest BCUT2D eigenvalue weighted by Crippen LogP contribution is 2.13. The molecule has 1 aromatic heterocycles. The van der Waals surface area contributed by atoms with E-state index < -0.39 is 0 Å². The van der Waals surface area contributed by atoms with Crippen molar-refractivity contribution in [1.82, 2.24) is 15.1 Å². The van der Waals surface area contributed by atoms with E-state index in [0.717, 1.165) is 25.1 Å². The summed E-state index contributed by atoms with van der Waals surface area (Å²) in [5, 5.41) is 16.6. The number of aromatic nitrogens is 2. The van der Waals surface area contributed by atoms with Crippen LogP contribution < -0.4 is 5.32 Å². The van der Waals surface area contributed by atoms with Gasteiger partial charge in [-0.2, -0.15) is 5.10 Å². The Morgan fingerprint density at radius 2 is 2.00 bits per heavy atom. The van der Waals surface area contributed by atoms with E-state index in [4.69, 9.17) is 0 Å². The summed E-state index contributed by atoms with van der Waals surface area (Å²) < 4.78 is 1.91. The molecule has 0 aliphatic heterocycles. The number of hydrogen-bond acceptors (Lipinski definition) is 3. The van der Waals surface area contributed by atoms with Crippen molar-refractivity contribution in [3.8, 4) is 0 Å². The first-order valence-corrected chi connectivity index (χ1v) is 7.85. The molecule has 1 atom stereocenters. The molecule has 1 amide bonds. The van der Waals surface area contributed by atoms with Gasteiger partial charge in [0, 0.05) is 6.54 Å². The predicted molar refractivity (Wildman–Crippen MR) is 84.2 cm³/mol. The number of hydrogen-bond donors (Lipinski definition) is 2. The second kappa shape index (κ2) is 8.17. The van der Waals surface area contributed by atoms with Crippen molar-refractivity contribution in [3.63, 3.8) is 0 Å². The van der Waals surface area contributed by atoms with Crippen LogP contribution in [0.15, 0.2) is 6.20 Å². The molecule has 0 aliphatic rings. The van der Waals surface area contributed by atoms with Crippen LogP contribution in [0.4, 0.5) is 0 Å². The molecule has 0 bridgehead atoms. The van der Waals surface area contributed by atoms with Crippen LogP contribution in [0.5, 0.6) is 0 Å². The number of rotatable bonds is 8. The van der Waals surface area contributed by atoms with Crippen LogP contribution in [-0.4, -0.2) is 33.4 Å². The van der Waals surface area contributed by atoms with Gasteiger partial charge in [0.25, 0.3) is 5.91 Å². The van der Waals surface area contributed by atoms with Crippen molar-refractivity contribution in [2.24, 2.45) is 11.8 Å². The van der Waals surface area contributed by atoms with Gasteiger partial charge >= 0.3 is 0 Å². The summed E-state index contributed by atoms with van der Waals surface area (Å²) in [7, 11) is 0. The van der Waals surface area contributed by atoms with Crippen LogP contribution in [0, 0.1) is 11.8 Å². The molecule has 1 heterocycles. The molecule has 21 heavy (non-hydrogen) atoms. The summed E-state index contributed by atoms with van der Waals surface area (Å²) in [6.45, 7) is 11.2. The third kappa shape index (κ3) is 5.16. The smallest absolute Gasteiger partial charge is 0.255 e. The highest BCUT2D eigenvalue weighted by molar-refractivity contribution is 5.95.